The Balaban J connectivity index is 2.12. The number of benzene rings is 1. The van der Waals surface area contributed by atoms with Crippen molar-refractivity contribution >= 4 is 21.6 Å². The number of nitrogens with zero attached hydrogens (tertiary/aromatic N) is 2. The number of halogens is 2. The summed E-state index contributed by atoms with van der Waals surface area (Å²) in [5, 5.41) is 3.58. The van der Waals surface area contributed by atoms with Gasteiger partial charge in [-0.3, -0.25) is 4.79 Å². The van der Waals surface area contributed by atoms with Crippen LogP contribution >= 0.6 is 0 Å². The topological polar surface area (TPSA) is 92.5 Å². The third-order valence-electron chi connectivity index (χ3n) is 3.46. The van der Waals surface area contributed by atoms with E-state index in [0.717, 1.165) is 17.0 Å². The number of aromatic nitrogens is 1. The van der Waals surface area contributed by atoms with Crippen LogP contribution in [0, 0.1) is 25.5 Å². The number of hydrogen-bond donors (Lipinski definition) is 1. The summed E-state index contributed by atoms with van der Waals surface area (Å²) in [6, 6.07) is 3.01. The quantitative estimate of drug-likeness (QED) is 0.835. The van der Waals surface area contributed by atoms with E-state index >= 15 is 0 Å². The second-order valence-corrected chi connectivity index (χ2v) is 7.02. The van der Waals surface area contributed by atoms with Gasteiger partial charge >= 0.3 is 0 Å². The van der Waals surface area contributed by atoms with E-state index in [9.17, 15) is 22.0 Å². The number of carbonyl (C=O) groups excluding carboxylic acids is 1. The van der Waals surface area contributed by atoms with E-state index in [1.54, 1.807) is 0 Å². The fraction of sp³-hybridized carbons (Fsp3) is 0.333. The number of nitrogens with one attached hydrogen (secondary N) is 1. The first kappa shape index (κ1) is 19.0. The molecule has 7 nitrogen and oxygen atoms in total. The maximum atomic E-state index is 13.3. The molecular weight excluding hydrogens is 356 g/mol. The summed E-state index contributed by atoms with van der Waals surface area (Å²) in [7, 11) is -3.88. The van der Waals surface area contributed by atoms with Gasteiger partial charge in [-0.2, -0.15) is 0 Å². The Bertz CT molecular complexity index is 877. The molecule has 1 N–H and O–H groups in total. The lowest BCUT2D eigenvalue weighted by molar-refractivity contribution is -0.116. The first-order valence-electron chi connectivity index (χ1n) is 7.29. The van der Waals surface area contributed by atoms with Gasteiger partial charge in [-0.05, 0) is 26.0 Å². The van der Waals surface area contributed by atoms with Crippen molar-refractivity contribution in [2.45, 2.75) is 25.7 Å². The van der Waals surface area contributed by atoms with Crippen LogP contribution in [0.5, 0.6) is 0 Å². The Labute approximate surface area is 143 Å². The van der Waals surface area contributed by atoms with Crippen molar-refractivity contribution in [3.05, 3.63) is 41.3 Å². The Kier molecular flexibility index (Phi) is 5.53. The molecule has 0 bridgehead atoms. The Morgan fingerprint density at radius 2 is 1.96 bits per heavy atom. The summed E-state index contributed by atoms with van der Waals surface area (Å²) in [5.74, 6) is -2.43. The maximum Gasteiger partial charge on any atom is 0.246 e. The number of aryl methyl sites for hydroxylation is 2. The van der Waals surface area contributed by atoms with Crippen LogP contribution in [-0.2, 0) is 14.8 Å². The molecule has 1 heterocycles. The van der Waals surface area contributed by atoms with Gasteiger partial charge in [0, 0.05) is 31.8 Å². The summed E-state index contributed by atoms with van der Waals surface area (Å²) < 4.78 is 58.1. The number of anilines is 1. The van der Waals surface area contributed by atoms with Gasteiger partial charge in [0.05, 0.1) is 0 Å². The minimum Gasteiger partial charge on any atom is -0.360 e. The molecule has 0 unspecified atom stereocenters. The molecule has 2 rings (SSSR count). The number of hydrogen-bond acceptors (Lipinski definition) is 5. The van der Waals surface area contributed by atoms with Gasteiger partial charge in [0.2, 0.25) is 15.9 Å². The fourth-order valence-corrected chi connectivity index (χ4v) is 3.69. The van der Waals surface area contributed by atoms with Crippen LogP contribution in [0.25, 0.3) is 0 Å². The molecule has 1 aromatic heterocycles. The van der Waals surface area contributed by atoms with Gasteiger partial charge in [-0.1, -0.05) is 5.16 Å². The summed E-state index contributed by atoms with van der Waals surface area (Å²) in [4.78, 5) is 12.8. The molecular formula is C15H17F2N3O4S. The zero-order chi connectivity index (χ0) is 18.8. The van der Waals surface area contributed by atoms with Gasteiger partial charge in [0.1, 0.15) is 10.6 Å². The Morgan fingerprint density at radius 3 is 2.48 bits per heavy atom. The molecule has 1 aromatic carbocycles. The van der Waals surface area contributed by atoms with E-state index in [2.05, 4.69) is 9.88 Å². The molecule has 0 fully saturated rings. The molecule has 0 aliphatic rings. The van der Waals surface area contributed by atoms with Crippen molar-refractivity contribution in [3.8, 4) is 0 Å². The number of sulfonamides is 1. The smallest absolute Gasteiger partial charge is 0.246 e. The van der Waals surface area contributed by atoms with Gasteiger partial charge in [0.15, 0.2) is 17.4 Å². The summed E-state index contributed by atoms with van der Waals surface area (Å²) in [5.41, 5.74) is 0.344. The van der Waals surface area contributed by atoms with Crippen LogP contribution < -0.4 is 9.62 Å². The molecule has 2 aromatic rings. The van der Waals surface area contributed by atoms with E-state index in [0.29, 0.717) is 0 Å². The Hall–Kier alpha value is -2.33. The number of amides is 1. The number of rotatable bonds is 6. The van der Waals surface area contributed by atoms with Crippen LogP contribution in [-0.4, -0.2) is 32.6 Å². The van der Waals surface area contributed by atoms with E-state index in [4.69, 9.17) is 4.52 Å². The van der Waals surface area contributed by atoms with Crippen molar-refractivity contribution in [2.75, 3.05) is 18.0 Å². The summed E-state index contributed by atoms with van der Waals surface area (Å²) >= 11 is 0. The van der Waals surface area contributed by atoms with Crippen molar-refractivity contribution in [1.82, 2.24) is 9.88 Å². The molecule has 25 heavy (non-hydrogen) atoms. The van der Waals surface area contributed by atoms with Crippen LogP contribution in [0.4, 0.5) is 14.5 Å². The number of carbonyl (C=O) groups is 1. The average molecular weight is 373 g/mol. The van der Waals surface area contributed by atoms with E-state index in [1.165, 1.54) is 26.8 Å². The average Bonchev–Trinajstić information content (AvgIpc) is 2.86. The first-order chi connectivity index (χ1) is 11.6. The molecule has 136 valence electrons. The Morgan fingerprint density at radius 1 is 1.28 bits per heavy atom. The van der Waals surface area contributed by atoms with E-state index in [-0.39, 0.29) is 35.1 Å². The molecule has 0 saturated carbocycles. The van der Waals surface area contributed by atoms with Crippen LogP contribution in [0.2, 0.25) is 0 Å². The summed E-state index contributed by atoms with van der Waals surface area (Å²) in [6.07, 6.45) is 0. The second-order valence-electron chi connectivity index (χ2n) is 5.32. The molecule has 0 aliphatic carbocycles. The zero-order valence-corrected chi connectivity index (χ0v) is 14.7. The van der Waals surface area contributed by atoms with Crippen LogP contribution in [0.15, 0.2) is 27.6 Å². The van der Waals surface area contributed by atoms with Gasteiger partial charge < -0.3 is 9.42 Å². The highest BCUT2D eigenvalue weighted by Gasteiger charge is 2.24. The predicted octanol–water partition coefficient (Wildman–Crippen LogP) is 1.90. The zero-order valence-electron chi connectivity index (χ0n) is 13.8. The first-order valence-corrected chi connectivity index (χ1v) is 8.77. The molecule has 0 aliphatic heterocycles. The largest absolute Gasteiger partial charge is 0.360 e. The molecule has 0 atom stereocenters. The minimum atomic E-state index is -3.88. The highest BCUT2D eigenvalue weighted by molar-refractivity contribution is 7.89. The monoisotopic (exact) mass is 373 g/mol. The lowest BCUT2D eigenvalue weighted by atomic mass is 10.2. The van der Waals surface area contributed by atoms with Gasteiger partial charge in [0.25, 0.3) is 0 Å². The molecule has 0 radical (unpaired) electrons. The van der Waals surface area contributed by atoms with Crippen molar-refractivity contribution < 1.29 is 26.5 Å². The van der Waals surface area contributed by atoms with Crippen LogP contribution in [0.3, 0.4) is 0 Å². The molecule has 1 amide bonds. The lowest BCUT2D eigenvalue weighted by Crippen LogP contribution is -2.37. The second kappa shape index (κ2) is 7.28. The third-order valence-corrected chi connectivity index (χ3v) is 5.16. The predicted molar refractivity (Wildman–Crippen MR) is 85.6 cm³/mol. The van der Waals surface area contributed by atoms with Crippen molar-refractivity contribution in [1.29, 1.82) is 0 Å². The standard InChI is InChI=1S/C15H17F2N3O4S/c1-9-15(10(2)24-19-9)25(22,23)18-6-7-20(11(3)21)12-4-5-13(16)14(17)8-12/h4-5,8,18H,6-7H2,1-3H3. The highest BCUT2D eigenvalue weighted by atomic mass is 32.2. The third kappa shape index (κ3) is 4.20. The van der Waals surface area contributed by atoms with Crippen molar-refractivity contribution in [3.63, 3.8) is 0 Å². The summed E-state index contributed by atoms with van der Waals surface area (Å²) in [6.45, 7) is 4.00. The fourth-order valence-electron chi connectivity index (χ4n) is 2.34. The maximum absolute atomic E-state index is 13.3. The SMILES string of the molecule is CC(=O)N(CCNS(=O)(=O)c1c(C)noc1C)c1ccc(F)c(F)c1. The van der Waals surface area contributed by atoms with E-state index < -0.39 is 27.6 Å². The highest BCUT2D eigenvalue weighted by Crippen LogP contribution is 2.20. The van der Waals surface area contributed by atoms with Gasteiger partial charge in [-0.15, -0.1) is 0 Å². The van der Waals surface area contributed by atoms with Crippen LogP contribution in [0.1, 0.15) is 18.4 Å². The molecule has 0 spiro atoms. The lowest BCUT2D eigenvalue weighted by Gasteiger charge is -2.21. The molecule has 0 saturated heterocycles. The van der Waals surface area contributed by atoms with E-state index in [1.807, 2.05) is 0 Å². The minimum absolute atomic E-state index is 0.0605. The van der Waals surface area contributed by atoms with Gasteiger partial charge in [-0.25, -0.2) is 21.9 Å². The molecule has 10 heteroatoms. The normalized spacial score (nSPS) is 11.6. The van der Waals surface area contributed by atoms with Crippen molar-refractivity contribution in [2.24, 2.45) is 0 Å².